The van der Waals surface area contributed by atoms with Gasteiger partial charge in [0, 0.05) is 39.6 Å². The summed E-state index contributed by atoms with van der Waals surface area (Å²) < 4.78 is 32.2. The van der Waals surface area contributed by atoms with E-state index >= 15 is 0 Å². The van der Waals surface area contributed by atoms with E-state index in [0.717, 1.165) is 6.42 Å². The molecule has 0 spiro atoms. The highest BCUT2D eigenvalue weighted by Crippen LogP contribution is 2.19. The first-order valence-corrected chi connectivity index (χ1v) is 10.9. The average Bonchev–Trinajstić information content (AvgIpc) is 2.71. The fourth-order valence-corrected chi connectivity index (χ4v) is 4.32. The topological polar surface area (TPSA) is 113 Å². The summed E-state index contributed by atoms with van der Waals surface area (Å²) in [4.78, 5) is 37.2. The lowest BCUT2D eigenvalue weighted by molar-refractivity contribution is -0.130. The highest BCUT2D eigenvalue weighted by Gasteiger charge is 2.30. The Labute approximate surface area is 171 Å². The molecular weight excluding hydrogens is 398 g/mol. The van der Waals surface area contributed by atoms with Gasteiger partial charge in [-0.25, -0.2) is 13.2 Å². The lowest BCUT2D eigenvalue weighted by Crippen LogP contribution is -2.49. The lowest BCUT2D eigenvalue weighted by atomic mass is 10.2. The predicted octanol–water partition coefficient (Wildman–Crippen LogP) is 0.611. The van der Waals surface area contributed by atoms with Crippen LogP contribution in [-0.4, -0.2) is 74.2 Å². The SMILES string of the molecule is CCCNC(=O)C(C)OC(=O)c1cccc(S(=O)(=O)N2CCN(C(C)=O)CC2)c1. The highest BCUT2D eigenvalue weighted by molar-refractivity contribution is 7.89. The number of carbonyl (C=O) groups is 3. The predicted molar refractivity (Wildman–Crippen MR) is 106 cm³/mol. The van der Waals surface area contributed by atoms with E-state index in [1.807, 2.05) is 6.92 Å². The number of nitrogens with one attached hydrogen (secondary N) is 1. The van der Waals surface area contributed by atoms with Crippen molar-refractivity contribution in [2.75, 3.05) is 32.7 Å². The third-order valence-corrected chi connectivity index (χ3v) is 6.49. The molecule has 1 N–H and O–H groups in total. The van der Waals surface area contributed by atoms with Crippen molar-refractivity contribution in [1.82, 2.24) is 14.5 Å². The number of rotatable bonds is 7. The average molecular weight is 426 g/mol. The van der Waals surface area contributed by atoms with Crippen LogP contribution in [-0.2, 0) is 24.3 Å². The molecular formula is C19H27N3O6S. The number of esters is 1. The number of piperazine rings is 1. The van der Waals surface area contributed by atoms with Crippen LogP contribution in [0.2, 0.25) is 0 Å². The van der Waals surface area contributed by atoms with Gasteiger partial charge in [-0.3, -0.25) is 9.59 Å². The maximum Gasteiger partial charge on any atom is 0.338 e. The first-order valence-electron chi connectivity index (χ1n) is 9.51. The van der Waals surface area contributed by atoms with Gasteiger partial charge in [0.25, 0.3) is 5.91 Å². The van der Waals surface area contributed by atoms with Crippen LogP contribution in [0.1, 0.15) is 37.6 Å². The number of ether oxygens (including phenoxy) is 1. The van der Waals surface area contributed by atoms with Crippen molar-refractivity contribution in [3.63, 3.8) is 0 Å². The van der Waals surface area contributed by atoms with Crippen molar-refractivity contribution in [1.29, 1.82) is 0 Å². The van der Waals surface area contributed by atoms with Crippen LogP contribution in [0.25, 0.3) is 0 Å². The summed E-state index contributed by atoms with van der Waals surface area (Å²) in [7, 11) is -3.82. The van der Waals surface area contributed by atoms with Gasteiger partial charge in [-0.1, -0.05) is 13.0 Å². The molecule has 0 aromatic heterocycles. The fourth-order valence-electron chi connectivity index (χ4n) is 2.85. The Kier molecular flexibility index (Phi) is 7.74. The van der Waals surface area contributed by atoms with Gasteiger partial charge in [-0.05, 0) is 31.5 Å². The van der Waals surface area contributed by atoms with E-state index in [9.17, 15) is 22.8 Å². The molecule has 1 atom stereocenters. The molecule has 0 bridgehead atoms. The van der Waals surface area contributed by atoms with E-state index in [-0.39, 0.29) is 29.5 Å². The van der Waals surface area contributed by atoms with Crippen LogP contribution >= 0.6 is 0 Å². The molecule has 1 heterocycles. The lowest BCUT2D eigenvalue weighted by Gasteiger charge is -2.33. The molecule has 1 unspecified atom stereocenters. The molecule has 9 nitrogen and oxygen atoms in total. The normalized spacial score (nSPS) is 16.2. The second-order valence-corrected chi connectivity index (χ2v) is 8.71. The third kappa shape index (κ3) is 5.77. The summed E-state index contributed by atoms with van der Waals surface area (Å²) in [5, 5.41) is 2.63. The van der Waals surface area contributed by atoms with Crippen LogP contribution in [0, 0.1) is 0 Å². The molecule has 160 valence electrons. The molecule has 1 aromatic rings. The van der Waals surface area contributed by atoms with Crippen LogP contribution in [0.15, 0.2) is 29.2 Å². The molecule has 0 aliphatic carbocycles. The summed E-state index contributed by atoms with van der Waals surface area (Å²) in [5.41, 5.74) is 0.0450. The molecule has 2 amide bonds. The van der Waals surface area contributed by atoms with Gasteiger partial charge in [0.2, 0.25) is 15.9 Å². The highest BCUT2D eigenvalue weighted by atomic mass is 32.2. The van der Waals surface area contributed by atoms with Crippen LogP contribution in [0.4, 0.5) is 0 Å². The second kappa shape index (κ2) is 9.84. The van der Waals surface area contributed by atoms with Gasteiger partial charge in [-0.2, -0.15) is 4.31 Å². The molecule has 2 rings (SSSR count). The van der Waals surface area contributed by atoms with E-state index in [4.69, 9.17) is 4.74 Å². The fraction of sp³-hybridized carbons (Fsp3) is 0.526. The van der Waals surface area contributed by atoms with Crippen molar-refractivity contribution in [2.24, 2.45) is 0 Å². The summed E-state index contributed by atoms with van der Waals surface area (Å²) >= 11 is 0. The van der Waals surface area contributed by atoms with E-state index in [1.165, 1.54) is 42.4 Å². The standard InChI is InChI=1S/C19H27N3O6S/c1-4-8-20-18(24)14(2)28-19(25)16-6-5-7-17(13-16)29(26,27)22-11-9-21(10-12-22)15(3)23/h5-7,13-14H,4,8-12H2,1-3H3,(H,20,24). The maximum absolute atomic E-state index is 12.9. The van der Waals surface area contributed by atoms with Gasteiger partial charge in [0.1, 0.15) is 0 Å². The molecule has 0 radical (unpaired) electrons. The minimum Gasteiger partial charge on any atom is -0.449 e. The number of sulfonamides is 1. The third-order valence-electron chi connectivity index (χ3n) is 4.59. The zero-order valence-corrected chi connectivity index (χ0v) is 17.7. The molecule has 1 fully saturated rings. The number of benzene rings is 1. The molecule has 0 saturated carbocycles. The van der Waals surface area contributed by atoms with Gasteiger partial charge < -0.3 is 15.0 Å². The number of hydrogen-bond acceptors (Lipinski definition) is 6. The minimum atomic E-state index is -3.82. The first-order chi connectivity index (χ1) is 13.7. The van der Waals surface area contributed by atoms with Crippen molar-refractivity contribution in [3.8, 4) is 0 Å². The van der Waals surface area contributed by atoms with Crippen molar-refractivity contribution < 1.29 is 27.5 Å². The van der Waals surface area contributed by atoms with E-state index < -0.39 is 28.0 Å². The Morgan fingerprint density at radius 1 is 1.17 bits per heavy atom. The van der Waals surface area contributed by atoms with Gasteiger partial charge in [0.15, 0.2) is 6.10 Å². The molecule has 1 saturated heterocycles. The Morgan fingerprint density at radius 3 is 2.41 bits per heavy atom. The molecule has 29 heavy (non-hydrogen) atoms. The summed E-state index contributed by atoms with van der Waals surface area (Å²) in [6.07, 6.45) is -0.235. The Balaban J connectivity index is 2.09. The Hall–Kier alpha value is -2.46. The van der Waals surface area contributed by atoms with Gasteiger partial charge in [-0.15, -0.1) is 0 Å². The zero-order chi connectivity index (χ0) is 21.6. The first kappa shape index (κ1) is 22.8. The number of carbonyl (C=O) groups excluding carboxylic acids is 3. The summed E-state index contributed by atoms with van der Waals surface area (Å²) in [6.45, 7) is 6.30. The number of hydrogen-bond donors (Lipinski definition) is 1. The quantitative estimate of drug-likeness (QED) is 0.641. The Bertz CT molecular complexity index is 862. The van der Waals surface area contributed by atoms with Crippen molar-refractivity contribution in [3.05, 3.63) is 29.8 Å². The van der Waals surface area contributed by atoms with Crippen molar-refractivity contribution >= 4 is 27.8 Å². The van der Waals surface area contributed by atoms with E-state index in [1.54, 1.807) is 4.90 Å². The van der Waals surface area contributed by atoms with Crippen LogP contribution in [0.5, 0.6) is 0 Å². The maximum atomic E-state index is 12.9. The molecule has 1 aliphatic heterocycles. The summed E-state index contributed by atoms with van der Waals surface area (Å²) in [6, 6.07) is 5.54. The summed E-state index contributed by atoms with van der Waals surface area (Å²) in [5.74, 6) is -1.28. The Morgan fingerprint density at radius 2 is 1.83 bits per heavy atom. The van der Waals surface area contributed by atoms with Gasteiger partial charge in [0.05, 0.1) is 10.5 Å². The minimum absolute atomic E-state index is 0.0358. The second-order valence-electron chi connectivity index (χ2n) is 6.78. The van der Waals surface area contributed by atoms with E-state index in [2.05, 4.69) is 5.32 Å². The van der Waals surface area contributed by atoms with Gasteiger partial charge >= 0.3 is 5.97 Å². The largest absolute Gasteiger partial charge is 0.449 e. The zero-order valence-electron chi connectivity index (χ0n) is 16.9. The number of nitrogens with zero attached hydrogens (tertiary/aromatic N) is 2. The van der Waals surface area contributed by atoms with Crippen molar-refractivity contribution in [2.45, 2.75) is 38.2 Å². The molecule has 1 aromatic carbocycles. The van der Waals surface area contributed by atoms with Crippen LogP contribution in [0.3, 0.4) is 0 Å². The monoisotopic (exact) mass is 425 g/mol. The molecule has 10 heteroatoms. The van der Waals surface area contributed by atoms with Crippen LogP contribution < -0.4 is 5.32 Å². The molecule has 1 aliphatic rings. The van der Waals surface area contributed by atoms with E-state index in [0.29, 0.717) is 19.6 Å². The smallest absolute Gasteiger partial charge is 0.338 e. The number of amides is 2.